The Morgan fingerprint density at radius 2 is 1.77 bits per heavy atom. The van der Waals surface area contributed by atoms with Crippen LogP contribution in [0, 0.1) is 5.92 Å². The second kappa shape index (κ2) is 10.3. The van der Waals surface area contributed by atoms with Gasteiger partial charge in [0.25, 0.3) is 0 Å². The number of hydrogen-bond acceptors (Lipinski definition) is 3. The van der Waals surface area contributed by atoms with Gasteiger partial charge in [-0.05, 0) is 42.5 Å². The highest BCUT2D eigenvalue weighted by Gasteiger charge is 2.16. The predicted octanol–water partition coefficient (Wildman–Crippen LogP) is 5.29. The molecule has 3 rings (SSSR count). The molecule has 2 aromatic carbocycles. The van der Waals surface area contributed by atoms with E-state index >= 15 is 0 Å². The zero-order valence-electron chi connectivity index (χ0n) is 18.5. The topological polar surface area (TPSA) is 56.2 Å². The van der Waals surface area contributed by atoms with Crippen molar-refractivity contribution in [2.75, 3.05) is 6.61 Å². The Balaban J connectivity index is 1.74. The molecule has 1 amide bonds. The molecule has 0 unspecified atom stereocenters. The number of imidazole rings is 1. The molecule has 1 N–H and O–H groups in total. The van der Waals surface area contributed by atoms with Crippen molar-refractivity contribution in [1.82, 2.24) is 14.9 Å². The molecular weight excluding hydrogens is 374 g/mol. The highest BCUT2D eigenvalue weighted by molar-refractivity contribution is 5.79. The number of hydrogen-bond donors (Lipinski definition) is 1. The van der Waals surface area contributed by atoms with Gasteiger partial charge in [-0.15, -0.1) is 0 Å². The fourth-order valence-electron chi connectivity index (χ4n) is 3.82. The number of nitrogens with one attached hydrogen (secondary N) is 1. The molecule has 1 aromatic heterocycles. The molecular formula is C25H33N3O2. The Morgan fingerprint density at radius 1 is 1.07 bits per heavy atom. The predicted molar refractivity (Wildman–Crippen MR) is 122 cm³/mol. The third kappa shape index (κ3) is 5.02. The van der Waals surface area contributed by atoms with E-state index in [1.54, 1.807) is 0 Å². The number of fused-ring (bicyclic) bond motifs is 1. The van der Waals surface area contributed by atoms with Gasteiger partial charge in [-0.3, -0.25) is 4.79 Å². The molecule has 30 heavy (non-hydrogen) atoms. The first-order valence-corrected chi connectivity index (χ1v) is 11.0. The molecule has 0 aliphatic heterocycles. The molecule has 0 fully saturated rings. The first-order chi connectivity index (χ1) is 14.5. The minimum absolute atomic E-state index is 0.0543. The van der Waals surface area contributed by atoms with Gasteiger partial charge in [0.1, 0.15) is 18.2 Å². The molecule has 5 nitrogen and oxygen atoms in total. The highest BCUT2D eigenvalue weighted by atomic mass is 16.5. The zero-order chi connectivity index (χ0) is 21.5. The van der Waals surface area contributed by atoms with Crippen LogP contribution in [0.15, 0.2) is 48.5 Å². The molecule has 0 aliphatic rings. The molecule has 0 radical (unpaired) electrons. The third-order valence-corrected chi connectivity index (χ3v) is 5.62. The number of para-hydroxylation sites is 3. The van der Waals surface area contributed by atoms with Crippen LogP contribution in [0.5, 0.6) is 5.75 Å². The van der Waals surface area contributed by atoms with Crippen LogP contribution < -0.4 is 10.1 Å². The second-order valence-electron chi connectivity index (χ2n) is 7.94. The van der Waals surface area contributed by atoms with Crippen molar-refractivity contribution in [2.45, 2.75) is 59.5 Å². The average Bonchev–Trinajstić information content (AvgIpc) is 3.11. The Labute approximate surface area is 179 Å². The molecule has 0 bridgehead atoms. The Kier molecular flexibility index (Phi) is 7.50. The normalized spacial score (nSPS) is 11.4. The molecule has 5 heteroatoms. The number of nitrogens with zero attached hydrogens (tertiary/aromatic N) is 2. The van der Waals surface area contributed by atoms with E-state index in [1.165, 1.54) is 5.56 Å². The Bertz CT molecular complexity index is 973. The van der Waals surface area contributed by atoms with Crippen LogP contribution in [0.3, 0.4) is 0 Å². The van der Waals surface area contributed by atoms with Gasteiger partial charge < -0.3 is 14.6 Å². The minimum atomic E-state index is 0.0543. The van der Waals surface area contributed by atoms with E-state index in [0.29, 0.717) is 25.6 Å². The fourth-order valence-corrected chi connectivity index (χ4v) is 3.82. The van der Waals surface area contributed by atoms with E-state index in [9.17, 15) is 4.79 Å². The number of ether oxygens (including phenoxy) is 1. The maximum Gasteiger partial charge on any atom is 0.223 e. The van der Waals surface area contributed by atoms with Gasteiger partial charge in [0, 0.05) is 5.92 Å². The summed E-state index contributed by atoms with van der Waals surface area (Å²) in [6.45, 7) is 10.1. The lowest BCUT2D eigenvalue weighted by Gasteiger charge is -2.16. The van der Waals surface area contributed by atoms with Crippen LogP contribution in [-0.2, 0) is 17.9 Å². The largest absolute Gasteiger partial charge is 0.491 e. The number of benzene rings is 2. The van der Waals surface area contributed by atoms with Gasteiger partial charge in [-0.2, -0.15) is 0 Å². The number of amides is 1. The molecule has 1 heterocycles. The van der Waals surface area contributed by atoms with Crippen LogP contribution in [0.25, 0.3) is 11.0 Å². The van der Waals surface area contributed by atoms with Crippen LogP contribution in [0.2, 0.25) is 0 Å². The van der Waals surface area contributed by atoms with Crippen molar-refractivity contribution in [3.05, 3.63) is 59.9 Å². The monoisotopic (exact) mass is 407 g/mol. The van der Waals surface area contributed by atoms with Gasteiger partial charge in [-0.25, -0.2) is 4.98 Å². The zero-order valence-corrected chi connectivity index (χ0v) is 18.5. The summed E-state index contributed by atoms with van der Waals surface area (Å²) >= 11 is 0. The van der Waals surface area contributed by atoms with E-state index in [-0.39, 0.29) is 11.8 Å². The van der Waals surface area contributed by atoms with Crippen molar-refractivity contribution in [2.24, 2.45) is 5.92 Å². The number of carbonyl (C=O) groups is 1. The SMILES string of the molecule is CCC(CC)C(=O)NCc1nc2ccccc2n1CCOc1ccccc1C(C)C. The minimum Gasteiger partial charge on any atom is -0.491 e. The molecule has 0 saturated heterocycles. The van der Waals surface area contributed by atoms with Gasteiger partial charge in [-0.1, -0.05) is 58.0 Å². The quantitative estimate of drug-likeness (QED) is 0.497. The molecule has 0 atom stereocenters. The number of carbonyl (C=O) groups excluding carboxylic acids is 1. The summed E-state index contributed by atoms with van der Waals surface area (Å²) < 4.78 is 8.29. The van der Waals surface area contributed by atoms with Crippen molar-refractivity contribution < 1.29 is 9.53 Å². The summed E-state index contributed by atoms with van der Waals surface area (Å²) in [5.74, 6) is 2.35. The Morgan fingerprint density at radius 3 is 2.50 bits per heavy atom. The third-order valence-electron chi connectivity index (χ3n) is 5.62. The van der Waals surface area contributed by atoms with Gasteiger partial charge >= 0.3 is 0 Å². The van der Waals surface area contributed by atoms with Gasteiger partial charge in [0.15, 0.2) is 0 Å². The van der Waals surface area contributed by atoms with Gasteiger partial charge in [0.05, 0.1) is 24.1 Å². The van der Waals surface area contributed by atoms with Crippen molar-refractivity contribution in [3.63, 3.8) is 0 Å². The summed E-state index contributed by atoms with van der Waals surface area (Å²) in [6, 6.07) is 16.3. The number of aromatic nitrogens is 2. The van der Waals surface area contributed by atoms with Crippen LogP contribution in [0.4, 0.5) is 0 Å². The molecule has 0 aliphatic carbocycles. The first-order valence-electron chi connectivity index (χ1n) is 11.0. The number of rotatable bonds is 10. The molecule has 0 spiro atoms. The van der Waals surface area contributed by atoms with Crippen LogP contribution in [0.1, 0.15) is 57.8 Å². The summed E-state index contributed by atoms with van der Waals surface area (Å²) in [6.07, 6.45) is 1.70. The molecule has 160 valence electrons. The van der Waals surface area contributed by atoms with E-state index in [1.807, 2.05) is 36.4 Å². The van der Waals surface area contributed by atoms with E-state index < -0.39 is 0 Å². The lowest BCUT2D eigenvalue weighted by molar-refractivity contribution is -0.125. The maximum absolute atomic E-state index is 12.4. The average molecular weight is 408 g/mol. The smallest absolute Gasteiger partial charge is 0.223 e. The first kappa shape index (κ1) is 21.9. The van der Waals surface area contributed by atoms with Crippen molar-refractivity contribution in [1.29, 1.82) is 0 Å². The van der Waals surface area contributed by atoms with E-state index in [4.69, 9.17) is 9.72 Å². The second-order valence-corrected chi connectivity index (χ2v) is 7.94. The van der Waals surface area contributed by atoms with E-state index in [0.717, 1.165) is 35.4 Å². The summed E-state index contributed by atoms with van der Waals surface area (Å²) in [7, 11) is 0. The van der Waals surface area contributed by atoms with Gasteiger partial charge in [0.2, 0.25) is 5.91 Å². The summed E-state index contributed by atoms with van der Waals surface area (Å²) in [5, 5.41) is 3.07. The lowest BCUT2D eigenvalue weighted by Crippen LogP contribution is -2.31. The van der Waals surface area contributed by atoms with Crippen LogP contribution in [-0.4, -0.2) is 22.1 Å². The highest BCUT2D eigenvalue weighted by Crippen LogP contribution is 2.26. The van der Waals surface area contributed by atoms with Crippen molar-refractivity contribution in [3.8, 4) is 5.75 Å². The van der Waals surface area contributed by atoms with E-state index in [2.05, 4.69) is 49.7 Å². The summed E-state index contributed by atoms with van der Waals surface area (Å²) in [4.78, 5) is 17.2. The lowest BCUT2D eigenvalue weighted by atomic mass is 10.0. The van der Waals surface area contributed by atoms with Crippen molar-refractivity contribution >= 4 is 16.9 Å². The Hall–Kier alpha value is -2.82. The van der Waals surface area contributed by atoms with Crippen LogP contribution >= 0.6 is 0 Å². The maximum atomic E-state index is 12.4. The fraction of sp³-hybridized carbons (Fsp3) is 0.440. The standard InChI is InChI=1S/C25H33N3O2/c1-5-19(6-2)25(29)26-17-24-27-21-12-8-9-13-22(21)28(24)15-16-30-23-14-10-7-11-20(23)18(3)4/h7-14,18-19H,5-6,15-17H2,1-4H3,(H,26,29). The molecule has 0 saturated carbocycles. The molecule has 3 aromatic rings. The summed E-state index contributed by atoms with van der Waals surface area (Å²) in [5.41, 5.74) is 3.21.